The number of hydrogen-bond donors (Lipinski definition) is 0. The predicted octanol–water partition coefficient (Wildman–Crippen LogP) is 4.33. The first kappa shape index (κ1) is 10.3. The molecule has 0 aliphatic rings. The molecular weight excluding hydrogens is 204 g/mol. The zero-order chi connectivity index (χ0) is 10.7. The second-order valence-electron chi connectivity index (χ2n) is 3.50. The summed E-state index contributed by atoms with van der Waals surface area (Å²) in [6.07, 6.45) is 0. The van der Waals surface area contributed by atoms with Crippen LogP contribution in [0.15, 0.2) is 54.6 Å². The zero-order valence-electron chi connectivity index (χ0n) is 8.57. The third-order valence-electron chi connectivity index (χ3n) is 2.46. The predicted molar refractivity (Wildman–Crippen MR) is 65.0 cm³/mol. The molecule has 75 valence electrons. The van der Waals surface area contributed by atoms with Crippen LogP contribution in [0.25, 0.3) is 0 Å². The van der Waals surface area contributed by atoms with Crippen molar-refractivity contribution in [2.45, 2.75) is 6.92 Å². The molecule has 15 heavy (non-hydrogen) atoms. The van der Waals surface area contributed by atoms with Gasteiger partial charge in [0.15, 0.2) is 0 Å². The molecule has 0 bridgehead atoms. The van der Waals surface area contributed by atoms with Gasteiger partial charge in [-0.1, -0.05) is 61.0 Å². The summed E-state index contributed by atoms with van der Waals surface area (Å²) >= 11 is 5.96. The van der Waals surface area contributed by atoms with E-state index >= 15 is 0 Å². The topological polar surface area (TPSA) is 0 Å². The molecule has 0 saturated carbocycles. The van der Waals surface area contributed by atoms with Crippen molar-refractivity contribution in [3.8, 4) is 0 Å². The largest absolute Gasteiger partial charge is 0.0843 e. The molecule has 0 aliphatic heterocycles. The van der Waals surface area contributed by atoms with E-state index in [1.165, 1.54) is 17.0 Å². The second-order valence-corrected chi connectivity index (χ2v) is 3.94. The quantitative estimate of drug-likeness (QED) is 0.700. The van der Waals surface area contributed by atoms with E-state index in [2.05, 4.69) is 25.1 Å². The maximum absolute atomic E-state index is 5.96. The first-order chi connectivity index (χ1) is 7.27. The summed E-state index contributed by atoms with van der Waals surface area (Å²) in [5, 5.41) is 0.780. The van der Waals surface area contributed by atoms with Crippen LogP contribution in [0, 0.1) is 5.92 Å². The van der Waals surface area contributed by atoms with Gasteiger partial charge in [0.1, 0.15) is 0 Å². The Morgan fingerprint density at radius 2 is 1.53 bits per heavy atom. The van der Waals surface area contributed by atoms with Crippen molar-refractivity contribution in [1.82, 2.24) is 0 Å². The summed E-state index contributed by atoms with van der Waals surface area (Å²) < 4.78 is 0. The molecule has 2 rings (SSSR count). The van der Waals surface area contributed by atoms with Crippen molar-refractivity contribution < 1.29 is 0 Å². The van der Waals surface area contributed by atoms with Gasteiger partial charge < -0.3 is 0 Å². The Kier molecular flexibility index (Phi) is 3.08. The summed E-state index contributed by atoms with van der Waals surface area (Å²) in [6.45, 7) is 2.11. The Labute approximate surface area is 95.5 Å². The van der Waals surface area contributed by atoms with E-state index in [0.29, 0.717) is 0 Å². The Hall–Kier alpha value is -1.27. The molecule has 1 radical (unpaired) electrons. The zero-order valence-corrected chi connectivity index (χ0v) is 9.33. The van der Waals surface area contributed by atoms with E-state index in [1.807, 2.05) is 36.4 Å². The van der Waals surface area contributed by atoms with Gasteiger partial charge in [0.2, 0.25) is 0 Å². The highest BCUT2D eigenvalue weighted by atomic mass is 35.5. The van der Waals surface area contributed by atoms with Crippen LogP contribution in [0.4, 0.5) is 0 Å². The van der Waals surface area contributed by atoms with Crippen molar-refractivity contribution in [3.63, 3.8) is 0 Å². The maximum atomic E-state index is 5.96. The lowest BCUT2D eigenvalue weighted by Crippen LogP contribution is -1.96. The summed E-state index contributed by atoms with van der Waals surface area (Å²) in [4.78, 5) is 0. The summed E-state index contributed by atoms with van der Waals surface area (Å²) in [7, 11) is 0. The van der Waals surface area contributed by atoms with Crippen molar-refractivity contribution in [3.05, 3.63) is 76.7 Å². The molecule has 0 nitrogen and oxygen atoms in total. The van der Waals surface area contributed by atoms with Gasteiger partial charge in [-0.05, 0) is 23.3 Å². The van der Waals surface area contributed by atoms with Gasteiger partial charge in [0, 0.05) is 10.9 Å². The summed E-state index contributed by atoms with van der Waals surface area (Å²) in [5.41, 5.74) is 2.41. The molecule has 0 N–H and O–H groups in total. The fraction of sp³-hybridized carbons (Fsp3) is 0.0714. The molecule has 0 spiro atoms. The molecule has 0 aromatic heterocycles. The normalized spacial score (nSPS) is 10.6. The van der Waals surface area contributed by atoms with Crippen LogP contribution in [-0.2, 0) is 0 Å². The smallest absolute Gasteiger partial charge is 0.0409 e. The molecular formula is C14H12Cl. The second kappa shape index (κ2) is 4.50. The van der Waals surface area contributed by atoms with Crippen LogP contribution in [0.1, 0.15) is 18.1 Å². The van der Waals surface area contributed by atoms with Gasteiger partial charge in [-0.3, -0.25) is 0 Å². The molecule has 0 fully saturated rings. The third-order valence-corrected chi connectivity index (χ3v) is 2.70. The van der Waals surface area contributed by atoms with Crippen molar-refractivity contribution >= 4 is 11.6 Å². The van der Waals surface area contributed by atoms with Crippen LogP contribution in [0.3, 0.4) is 0 Å². The van der Waals surface area contributed by atoms with E-state index < -0.39 is 0 Å². The number of hydrogen-bond acceptors (Lipinski definition) is 0. The first-order valence-corrected chi connectivity index (χ1v) is 5.30. The molecule has 1 heteroatoms. The molecule has 2 aromatic carbocycles. The fourth-order valence-corrected chi connectivity index (χ4v) is 1.77. The van der Waals surface area contributed by atoms with Crippen LogP contribution in [0.2, 0.25) is 5.02 Å². The van der Waals surface area contributed by atoms with Gasteiger partial charge in [0.05, 0.1) is 0 Å². The Balaban J connectivity index is 2.32. The third kappa shape index (κ3) is 2.40. The van der Waals surface area contributed by atoms with Crippen molar-refractivity contribution in [1.29, 1.82) is 0 Å². The molecule has 0 heterocycles. The van der Waals surface area contributed by atoms with Crippen molar-refractivity contribution in [2.75, 3.05) is 0 Å². The van der Waals surface area contributed by atoms with Gasteiger partial charge in [-0.2, -0.15) is 0 Å². The SMILES string of the molecule is C[C](c1ccccc1)c1cccc(Cl)c1. The highest BCUT2D eigenvalue weighted by Crippen LogP contribution is 2.24. The lowest BCUT2D eigenvalue weighted by molar-refractivity contribution is 1.19. The van der Waals surface area contributed by atoms with E-state index in [0.717, 1.165) is 5.02 Å². The lowest BCUT2D eigenvalue weighted by Gasteiger charge is -2.11. The van der Waals surface area contributed by atoms with Crippen molar-refractivity contribution in [2.24, 2.45) is 0 Å². The Bertz CT molecular complexity index is 434. The summed E-state index contributed by atoms with van der Waals surface area (Å²) in [5.74, 6) is 1.25. The number of benzene rings is 2. The molecule has 0 aliphatic carbocycles. The van der Waals surface area contributed by atoms with E-state index in [1.54, 1.807) is 0 Å². The van der Waals surface area contributed by atoms with E-state index in [-0.39, 0.29) is 0 Å². The standard InChI is InChI=1S/C14H12Cl/c1-11(12-6-3-2-4-7-12)13-8-5-9-14(15)10-13/h2-10H,1H3. The van der Waals surface area contributed by atoms with E-state index in [4.69, 9.17) is 11.6 Å². The minimum absolute atomic E-state index is 0.780. The minimum Gasteiger partial charge on any atom is -0.0843 e. The molecule has 0 saturated heterocycles. The van der Waals surface area contributed by atoms with E-state index in [9.17, 15) is 0 Å². The van der Waals surface area contributed by atoms with Crippen LogP contribution >= 0.6 is 11.6 Å². The molecule has 0 amide bonds. The van der Waals surface area contributed by atoms with Crippen LogP contribution < -0.4 is 0 Å². The van der Waals surface area contributed by atoms with Crippen LogP contribution in [0.5, 0.6) is 0 Å². The molecule has 2 aromatic rings. The van der Waals surface area contributed by atoms with Gasteiger partial charge in [-0.15, -0.1) is 0 Å². The average Bonchev–Trinajstić information content (AvgIpc) is 2.29. The minimum atomic E-state index is 0.780. The lowest BCUT2D eigenvalue weighted by atomic mass is 9.93. The number of halogens is 1. The monoisotopic (exact) mass is 215 g/mol. The van der Waals surface area contributed by atoms with Gasteiger partial charge >= 0.3 is 0 Å². The Morgan fingerprint density at radius 1 is 0.867 bits per heavy atom. The average molecular weight is 216 g/mol. The molecule has 0 unspecified atom stereocenters. The number of rotatable bonds is 2. The van der Waals surface area contributed by atoms with Gasteiger partial charge in [-0.25, -0.2) is 0 Å². The van der Waals surface area contributed by atoms with Crippen LogP contribution in [-0.4, -0.2) is 0 Å². The fourth-order valence-electron chi connectivity index (χ4n) is 1.58. The first-order valence-electron chi connectivity index (χ1n) is 4.92. The van der Waals surface area contributed by atoms with Gasteiger partial charge in [0.25, 0.3) is 0 Å². The highest BCUT2D eigenvalue weighted by Gasteiger charge is 2.08. The molecule has 0 atom stereocenters. The maximum Gasteiger partial charge on any atom is 0.0409 e. The summed E-state index contributed by atoms with van der Waals surface area (Å²) in [6, 6.07) is 18.3. The Morgan fingerprint density at radius 3 is 2.20 bits per heavy atom. The highest BCUT2D eigenvalue weighted by molar-refractivity contribution is 6.30.